The number of nitrogens with zero attached hydrogens (tertiary/aromatic N) is 7. The number of hydrogen-bond acceptors (Lipinski definition) is 6. The van der Waals surface area contributed by atoms with Gasteiger partial charge in [0.15, 0.2) is 5.82 Å². The van der Waals surface area contributed by atoms with Crippen molar-refractivity contribution in [1.29, 1.82) is 0 Å². The van der Waals surface area contributed by atoms with Crippen LogP contribution >= 0.6 is 11.6 Å². The number of aromatic nitrogens is 7. The summed E-state index contributed by atoms with van der Waals surface area (Å²) >= 11 is 6.39. The minimum atomic E-state index is 0.210. The maximum Gasteiger partial charge on any atom is 0.162 e. The Morgan fingerprint density at radius 2 is 1.96 bits per heavy atom. The molecule has 0 atom stereocenters. The highest BCUT2D eigenvalue weighted by Crippen LogP contribution is 2.32. The maximum absolute atomic E-state index is 6.39. The standard InChI is InChI=1S/C19H19ClN8/c1-11-5-4-6-14(12(11)2)19-22-17(16(20)18(21)23-19)15-10-28(26-24-15)9-13-7-8-27(3)25-13/h4-8,10H,9H2,1-3H3,(H2,21,22,23). The SMILES string of the molecule is Cc1cccc(-c2nc(N)c(Cl)c(-c3cn(Cc4ccn(C)n4)nn3)n2)c1C. The summed E-state index contributed by atoms with van der Waals surface area (Å²) in [5.41, 5.74) is 11.1. The van der Waals surface area contributed by atoms with Crippen molar-refractivity contribution in [3.05, 3.63) is 58.5 Å². The first-order valence-corrected chi connectivity index (χ1v) is 9.09. The van der Waals surface area contributed by atoms with Gasteiger partial charge in [-0.15, -0.1) is 5.10 Å². The van der Waals surface area contributed by atoms with E-state index in [1.54, 1.807) is 15.6 Å². The molecular weight excluding hydrogens is 376 g/mol. The number of hydrogen-bond donors (Lipinski definition) is 1. The van der Waals surface area contributed by atoms with Crippen LogP contribution in [0.25, 0.3) is 22.8 Å². The molecule has 28 heavy (non-hydrogen) atoms. The minimum absolute atomic E-state index is 0.210. The number of anilines is 1. The lowest BCUT2D eigenvalue weighted by Gasteiger charge is -2.10. The van der Waals surface area contributed by atoms with Gasteiger partial charge in [0.2, 0.25) is 0 Å². The molecule has 3 heterocycles. The van der Waals surface area contributed by atoms with Gasteiger partial charge in [-0.05, 0) is 31.0 Å². The lowest BCUT2D eigenvalue weighted by Crippen LogP contribution is -2.02. The zero-order valence-corrected chi connectivity index (χ0v) is 16.5. The van der Waals surface area contributed by atoms with Crippen LogP contribution in [0.5, 0.6) is 0 Å². The molecule has 0 aliphatic heterocycles. The predicted molar refractivity (Wildman–Crippen MR) is 108 cm³/mol. The number of halogens is 1. The van der Waals surface area contributed by atoms with E-state index in [4.69, 9.17) is 17.3 Å². The lowest BCUT2D eigenvalue weighted by molar-refractivity contribution is 0.624. The lowest BCUT2D eigenvalue weighted by atomic mass is 10.0. The molecular formula is C19H19ClN8. The zero-order chi connectivity index (χ0) is 19.8. The molecule has 0 aliphatic carbocycles. The van der Waals surface area contributed by atoms with E-state index in [1.165, 1.54) is 0 Å². The molecule has 142 valence electrons. The van der Waals surface area contributed by atoms with Gasteiger partial charge in [-0.25, -0.2) is 14.6 Å². The average molecular weight is 395 g/mol. The third kappa shape index (κ3) is 3.34. The fourth-order valence-electron chi connectivity index (χ4n) is 2.95. The van der Waals surface area contributed by atoms with E-state index < -0.39 is 0 Å². The van der Waals surface area contributed by atoms with Crippen molar-refractivity contribution in [2.75, 3.05) is 5.73 Å². The van der Waals surface area contributed by atoms with Crippen LogP contribution < -0.4 is 5.73 Å². The number of rotatable bonds is 4. The quantitative estimate of drug-likeness (QED) is 0.571. The number of nitrogen functional groups attached to an aromatic ring is 1. The Balaban J connectivity index is 1.74. The van der Waals surface area contributed by atoms with E-state index in [0.717, 1.165) is 22.4 Å². The molecule has 0 bridgehead atoms. The molecule has 0 aliphatic rings. The number of aryl methyl sites for hydroxylation is 2. The van der Waals surface area contributed by atoms with Gasteiger partial charge >= 0.3 is 0 Å². The monoisotopic (exact) mass is 394 g/mol. The van der Waals surface area contributed by atoms with Crippen LogP contribution in [0.15, 0.2) is 36.7 Å². The first-order valence-electron chi connectivity index (χ1n) is 8.71. The van der Waals surface area contributed by atoms with Gasteiger partial charge in [0.1, 0.15) is 22.2 Å². The van der Waals surface area contributed by atoms with Crippen molar-refractivity contribution in [2.24, 2.45) is 7.05 Å². The normalized spacial score (nSPS) is 11.1. The summed E-state index contributed by atoms with van der Waals surface area (Å²) in [6.07, 6.45) is 3.65. The summed E-state index contributed by atoms with van der Waals surface area (Å²) in [4.78, 5) is 9.02. The average Bonchev–Trinajstić information content (AvgIpc) is 3.29. The van der Waals surface area contributed by atoms with Crippen LogP contribution in [-0.4, -0.2) is 34.7 Å². The van der Waals surface area contributed by atoms with Gasteiger partial charge in [0.25, 0.3) is 0 Å². The molecule has 0 amide bonds. The molecule has 0 saturated heterocycles. The molecule has 2 N–H and O–H groups in total. The van der Waals surface area contributed by atoms with Crippen molar-refractivity contribution in [2.45, 2.75) is 20.4 Å². The van der Waals surface area contributed by atoms with Gasteiger partial charge in [-0.2, -0.15) is 5.10 Å². The van der Waals surface area contributed by atoms with Gasteiger partial charge < -0.3 is 5.73 Å². The molecule has 4 aromatic rings. The fourth-order valence-corrected chi connectivity index (χ4v) is 3.13. The Bertz CT molecular complexity index is 1160. The highest BCUT2D eigenvalue weighted by molar-refractivity contribution is 6.35. The molecule has 1 aromatic carbocycles. The third-order valence-electron chi connectivity index (χ3n) is 4.60. The topological polar surface area (TPSA) is 100 Å². The molecule has 9 heteroatoms. The van der Waals surface area contributed by atoms with E-state index >= 15 is 0 Å². The summed E-state index contributed by atoms with van der Waals surface area (Å²) in [7, 11) is 1.87. The number of nitrogens with two attached hydrogens (primary N) is 1. The summed E-state index contributed by atoms with van der Waals surface area (Å²) in [5.74, 6) is 0.722. The summed E-state index contributed by atoms with van der Waals surface area (Å²) in [6, 6.07) is 7.90. The molecule has 8 nitrogen and oxygen atoms in total. The summed E-state index contributed by atoms with van der Waals surface area (Å²) in [6.45, 7) is 4.57. The van der Waals surface area contributed by atoms with Crippen molar-refractivity contribution >= 4 is 17.4 Å². The van der Waals surface area contributed by atoms with Crippen LogP contribution in [0.1, 0.15) is 16.8 Å². The molecule has 0 spiro atoms. The highest BCUT2D eigenvalue weighted by atomic mass is 35.5. The van der Waals surface area contributed by atoms with Gasteiger partial charge in [0.05, 0.1) is 18.4 Å². The van der Waals surface area contributed by atoms with Gasteiger partial charge in [-0.1, -0.05) is 35.0 Å². The van der Waals surface area contributed by atoms with Gasteiger partial charge in [0, 0.05) is 18.8 Å². The molecule has 0 saturated carbocycles. The third-order valence-corrected chi connectivity index (χ3v) is 4.97. The Morgan fingerprint density at radius 1 is 1.14 bits per heavy atom. The van der Waals surface area contributed by atoms with Crippen LogP contribution in [0, 0.1) is 13.8 Å². The largest absolute Gasteiger partial charge is 0.382 e. The Labute approximate surface area is 167 Å². The first-order chi connectivity index (χ1) is 13.4. The van der Waals surface area contributed by atoms with E-state index in [2.05, 4.69) is 25.4 Å². The number of benzene rings is 1. The van der Waals surface area contributed by atoms with Crippen molar-refractivity contribution < 1.29 is 0 Å². The molecule has 0 unspecified atom stereocenters. The fraction of sp³-hybridized carbons (Fsp3) is 0.211. The molecule has 0 radical (unpaired) electrons. The van der Waals surface area contributed by atoms with E-state index in [9.17, 15) is 0 Å². The van der Waals surface area contributed by atoms with E-state index in [0.29, 0.717) is 23.8 Å². The Hall–Kier alpha value is -3.26. The predicted octanol–water partition coefficient (Wildman–Crippen LogP) is 3.04. The molecule has 3 aromatic heterocycles. The van der Waals surface area contributed by atoms with E-state index in [1.807, 2.05) is 51.4 Å². The smallest absolute Gasteiger partial charge is 0.162 e. The van der Waals surface area contributed by atoms with Crippen LogP contribution in [0.3, 0.4) is 0 Å². The van der Waals surface area contributed by atoms with Crippen LogP contribution in [0.2, 0.25) is 5.02 Å². The van der Waals surface area contributed by atoms with Crippen molar-refractivity contribution in [1.82, 2.24) is 34.7 Å². The summed E-state index contributed by atoms with van der Waals surface area (Å²) in [5, 5.41) is 13.0. The molecule has 0 fully saturated rings. The second kappa shape index (κ2) is 7.05. The van der Waals surface area contributed by atoms with Gasteiger partial charge in [-0.3, -0.25) is 4.68 Å². The molecule has 4 rings (SSSR count). The van der Waals surface area contributed by atoms with Crippen LogP contribution in [0.4, 0.5) is 5.82 Å². The Morgan fingerprint density at radius 3 is 2.71 bits per heavy atom. The zero-order valence-electron chi connectivity index (χ0n) is 15.8. The summed E-state index contributed by atoms with van der Waals surface area (Å²) < 4.78 is 3.43. The maximum atomic E-state index is 6.39. The second-order valence-corrected chi connectivity index (χ2v) is 7.00. The van der Waals surface area contributed by atoms with Crippen molar-refractivity contribution in [3.63, 3.8) is 0 Å². The van der Waals surface area contributed by atoms with E-state index in [-0.39, 0.29) is 10.8 Å². The first kappa shape index (κ1) is 18.1. The second-order valence-electron chi connectivity index (χ2n) is 6.62. The van der Waals surface area contributed by atoms with Crippen molar-refractivity contribution in [3.8, 4) is 22.8 Å². The Kier molecular flexibility index (Phi) is 4.56. The van der Waals surface area contributed by atoms with Crippen LogP contribution in [-0.2, 0) is 13.6 Å². The minimum Gasteiger partial charge on any atom is -0.382 e. The highest BCUT2D eigenvalue weighted by Gasteiger charge is 2.18.